The van der Waals surface area contributed by atoms with Crippen molar-refractivity contribution in [2.45, 2.75) is 40.5 Å². The molecule has 0 heterocycles. The molecule has 0 fully saturated rings. The zero-order valence-electron chi connectivity index (χ0n) is 12.1. The number of carbonyl (C=O) groups is 2. The maximum Gasteiger partial charge on any atom is 0.163 e. The summed E-state index contributed by atoms with van der Waals surface area (Å²) in [5.41, 5.74) is 6.40. The van der Waals surface area contributed by atoms with Crippen LogP contribution in [0.4, 0.5) is 0 Å². The lowest BCUT2D eigenvalue weighted by molar-refractivity contribution is 0.101. The van der Waals surface area contributed by atoms with Gasteiger partial charge in [0.15, 0.2) is 11.6 Å². The van der Waals surface area contributed by atoms with Crippen LogP contribution in [0.2, 0.25) is 0 Å². The van der Waals surface area contributed by atoms with Crippen LogP contribution in [0.15, 0.2) is 12.1 Å². The molecule has 0 amide bonds. The number of hydrogen-bond acceptors (Lipinski definition) is 4. The Morgan fingerprint density at radius 2 is 1.58 bits per heavy atom. The van der Waals surface area contributed by atoms with Crippen LogP contribution >= 0.6 is 0 Å². The Morgan fingerprint density at radius 1 is 1.11 bits per heavy atom. The van der Waals surface area contributed by atoms with Crippen molar-refractivity contribution in [1.82, 2.24) is 0 Å². The highest BCUT2D eigenvalue weighted by Crippen LogP contribution is 2.24. The van der Waals surface area contributed by atoms with Gasteiger partial charge in [-0.05, 0) is 44.5 Å². The number of phenols is 1. The van der Waals surface area contributed by atoms with Crippen LogP contribution in [-0.4, -0.2) is 23.2 Å². The van der Waals surface area contributed by atoms with Crippen molar-refractivity contribution >= 4 is 11.6 Å². The van der Waals surface area contributed by atoms with Crippen LogP contribution in [0, 0.1) is 0 Å². The first kappa shape index (κ1) is 17.3. The molecule has 4 heteroatoms. The summed E-state index contributed by atoms with van der Waals surface area (Å²) in [5, 5.41) is 9.66. The van der Waals surface area contributed by atoms with Gasteiger partial charge < -0.3 is 10.8 Å². The molecule has 0 aromatic heterocycles. The maximum atomic E-state index is 11.4. The average Bonchev–Trinajstić information content (AvgIpc) is 2.29. The van der Waals surface area contributed by atoms with Crippen LogP contribution in [0.3, 0.4) is 0 Å². The summed E-state index contributed by atoms with van der Waals surface area (Å²) in [5.74, 6) is -0.352. The predicted octanol–water partition coefficient (Wildman–Crippen LogP) is 2.71. The summed E-state index contributed by atoms with van der Waals surface area (Å²) in [4.78, 5) is 22.7. The molecular formula is C15H23NO3. The van der Waals surface area contributed by atoms with E-state index in [1.54, 1.807) is 0 Å². The van der Waals surface area contributed by atoms with Crippen LogP contribution in [-0.2, 0) is 6.42 Å². The zero-order chi connectivity index (χ0) is 15.0. The summed E-state index contributed by atoms with van der Waals surface area (Å²) in [6.45, 7) is 7.49. The fourth-order valence-electron chi connectivity index (χ4n) is 1.72. The van der Waals surface area contributed by atoms with Crippen molar-refractivity contribution < 1.29 is 14.7 Å². The molecule has 3 N–H and O–H groups in total. The lowest BCUT2D eigenvalue weighted by atomic mass is 9.96. The zero-order valence-corrected chi connectivity index (χ0v) is 12.1. The highest BCUT2D eigenvalue weighted by molar-refractivity contribution is 6.02. The lowest BCUT2D eigenvalue weighted by Gasteiger charge is -2.09. The number of aromatic hydroxyl groups is 1. The molecule has 0 saturated heterocycles. The van der Waals surface area contributed by atoms with Gasteiger partial charge in [0, 0.05) is 5.56 Å². The van der Waals surface area contributed by atoms with E-state index < -0.39 is 0 Å². The Hall–Kier alpha value is -1.68. The molecular weight excluding hydrogens is 242 g/mol. The molecule has 19 heavy (non-hydrogen) atoms. The molecule has 1 aromatic rings. The third kappa shape index (κ3) is 5.22. The number of rotatable bonds is 4. The van der Waals surface area contributed by atoms with Crippen LogP contribution < -0.4 is 5.73 Å². The minimum atomic E-state index is -0.233. The molecule has 0 bridgehead atoms. The van der Waals surface area contributed by atoms with Gasteiger partial charge in [0.05, 0.1) is 5.56 Å². The topological polar surface area (TPSA) is 80.4 Å². The van der Waals surface area contributed by atoms with E-state index in [0.29, 0.717) is 5.56 Å². The normalized spacial score (nSPS) is 9.53. The Labute approximate surface area is 114 Å². The number of nitrogens with two attached hydrogens (primary N) is 1. The van der Waals surface area contributed by atoms with Gasteiger partial charge in [0.25, 0.3) is 0 Å². The van der Waals surface area contributed by atoms with Crippen LogP contribution in [0.1, 0.15) is 60.4 Å². The van der Waals surface area contributed by atoms with Crippen molar-refractivity contribution in [2.24, 2.45) is 5.73 Å². The second kappa shape index (κ2) is 8.43. The summed E-state index contributed by atoms with van der Waals surface area (Å²) in [6.07, 6.45) is 1.61. The van der Waals surface area contributed by atoms with Crippen molar-refractivity contribution in [3.8, 4) is 5.75 Å². The number of benzene rings is 1. The Balaban J connectivity index is 0.000000982. The van der Waals surface area contributed by atoms with Gasteiger partial charge in [-0.2, -0.15) is 0 Å². The van der Waals surface area contributed by atoms with E-state index >= 15 is 0 Å². The molecule has 0 unspecified atom stereocenters. The molecule has 1 rings (SSSR count). The molecule has 1 aromatic carbocycles. The number of hydrogen-bond donors (Lipinski definition) is 2. The lowest BCUT2D eigenvalue weighted by Crippen LogP contribution is -2.03. The van der Waals surface area contributed by atoms with Gasteiger partial charge in [0.2, 0.25) is 0 Å². The summed E-state index contributed by atoms with van der Waals surface area (Å²) >= 11 is 0. The summed E-state index contributed by atoms with van der Waals surface area (Å²) in [7, 11) is 0. The monoisotopic (exact) mass is 265 g/mol. The van der Waals surface area contributed by atoms with Gasteiger partial charge in [-0.25, -0.2) is 0 Å². The first-order valence-electron chi connectivity index (χ1n) is 6.46. The van der Waals surface area contributed by atoms with E-state index in [0.717, 1.165) is 24.9 Å². The largest absolute Gasteiger partial charge is 0.507 e. The molecule has 0 spiro atoms. The van der Waals surface area contributed by atoms with Crippen molar-refractivity contribution in [3.05, 3.63) is 28.8 Å². The third-order valence-electron chi connectivity index (χ3n) is 2.50. The van der Waals surface area contributed by atoms with Crippen LogP contribution in [0.5, 0.6) is 5.75 Å². The van der Waals surface area contributed by atoms with Crippen molar-refractivity contribution in [3.63, 3.8) is 0 Å². The SMILES string of the molecule is CCCc1cc(O)c(C(C)=O)cc1C(C)=O.CCN. The van der Waals surface area contributed by atoms with Crippen molar-refractivity contribution in [1.29, 1.82) is 0 Å². The van der Waals surface area contributed by atoms with Crippen molar-refractivity contribution in [2.75, 3.05) is 6.54 Å². The van der Waals surface area contributed by atoms with Gasteiger partial charge in [-0.15, -0.1) is 0 Å². The second-order valence-corrected chi connectivity index (χ2v) is 4.30. The number of Topliss-reactive ketones (excluding diaryl/α,β-unsaturated/α-hetero) is 2. The molecule has 0 aliphatic carbocycles. The minimum absolute atomic E-state index is 0.0408. The predicted molar refractivity (Wildman–Crippen MR) is 76.8 cm³/mol. The molecule has 0 atom stereocenters. The quantitative estimate of drug-likeness (QED) is 0.820. The molecule has 0 radical (unpaired) electrons. The van der Waals surface area contributed by atoms with Gasteiger partial charge >= 0.3 is 0 Å². The minimum Gasteiger partial charge on any atom is -0.507 e. The number of ketones is 2. The van der Waals surface area contributed by atoms with Gasteiger partial charge in [0.1, 0.15) is 5.75 Å². The molecule has 0 aliphatic rings. The Bertz CT molecular complexity index is 453. The van der Waals surface area contributed by atoms with E-state index in [9.17, 15) is 14.7 Å². The van der Waals surface area contributed by atoms with E-state index in [4.69, 9.17) is 5.73 Å². The van der Waals surface area contributed by atoms with E-state index in [-0.39, 0.29) is 22.9 Å². The van der Waals surface area contributed by atoms with Crippen LogP contribution in [0.25, 0.3) is 0 Å². The standard InChI is InChI=1S/C13H16O3.C2H7N/c1-4-5-10-6-13(16)12(9(3)15)7-11(10)8(2)14;1-2-3/h6-7,16H,4-5H2,1-3H3;2-3H2,1H3. The summed E-state index contributed by atoms with van der Waals surface area (Å²) < 4.78 is 0. The second-order valence-electron chi connectivity index (χ2n) is 4.30. The Morgan fingerprint density at radius 3 is 1.95 bits per heavy atom. The highest BCUT2D eigenvalue weighted by Gasteiger charge is 2.14. The first-order chi connectivity index (χ1) is 8.88. The molecule has 4 nitrogen and oxygen atoms in total. The fourth-order valence-corrected chi connectivity index (χ4v) is 1.72. The van der Waals surface area contributed by atoms with Gasteiger partial charge in [-0.1, -0.05) is 20.3 Å². The molecule has 106 valence electrons. The van der Waals surface area contributed by atoms with Gasteiger partial charge in [-0.3, -0.25) is 9.59 Å². The average molecular weight is 265 g/mol. The van der Waals surface area contributed by atoms with E-state index in [1.165, 1.54) is 26.0 Å². The molecule has 0 aliphatic heterocycles. The van der Waals surface area contributed by atoms with E-state index in [2.05, 4.69) is 0 Å². The first-order valence-corrected chi connectivity index (χ1v) is 6.46. The smallest absolute Gasteiger partial charge is 0.163 e. The number of phenolic OH excluding ortho intramolecular Hbond substituents is 1. The maximum absolute atomic E-state index is 11.4. The number of carbonyl (C=O) groups excluding carboxylic acids is 2. The highest BCUT2D eigenvalue weighted by atomic mass is 16.3. The fraction of sp³-hybridized carbons (Fsp3) is 0.467. The Kier molecular flexibility index (Phi) is 7.68. The molecule has 0 saturated carbocycles. The van der Waals surface area contributed by atoms with E-state index in [1.807, 2.05) is 13.8 Å². The summed E-state index contributed by atoms with van der Waals surface area (Å²) in [6, 6.07) is 3.02. The number of aryl methyl sites for hydroxylation is 1. The third-order valence-corrected chi connectivity index (χ3v) is 2.50.